The maximum atomic E-state index is 5.15. The molecule has 0 saturated carbocycles. The molecule has 11 aromatic rings. The van der Waals surface area contributed by atoms with Crippen LogP contribution in [-0.4, -0.2) is 29.9 Å². The molecule has 290 valence electrons. The Labute approximate surface area is 359 Å². The number of benzene rings is 9. The van der Waals surface area contributed by atoms with Crippen molar-refractivity contribution in [1.82, 2.24) is 29.9 Å². The number of aromatic nitrogens is 6. The molecule has 0 atom stereocenters. The normalized spacial score (nSPS) is 11.2. The topological polar surface area (TPSA) is 77.3 Å². The summed E-state index contributed by atoms with van der Waals surface area (Å²) < 4.78 is 0. The lowest BCUT2D eigenvalue weighted by atomic mass is 9.89. The van der Waals surface area contributed by atoms with E-state index in [0.717, 1.165) is 61.0 Å². The molecule has 0 bridgehead atoms. The van der Waals surface area contributed by atoms with Crippen LogP contribution in [0.1, 0.15) is 0 Å². The summed E-state index contributed by atoms with van der Waals surface area (Å²) in [5.41, 5.74) is 9.53. The minimum atomic E-state index is 0.586. The zero-order valence-corrected chi connectivity index (χ0v) is 33.5. The average Bonchev–Trinajstić information content (AvgIpc) is 3.36. The molecule has 11 rings (SSSR count). The molecule has 6 nitrogen and oxygen atoms in total. The molecule has 0 radical (unpaired) electrons. The van der Waals surface area contributed by atoms with E-state index in [1.54, 1.807) is 0 Å². The summed E-state index contributed by atoms with van der Waals surface area (Å²) in [4.78, 5) is 30.5. The SMILES string of the molecule is c1ccc(-c2nc(-c3ccccc3)nc(-c3ccc(-c4ccccc4-c4nc(-c5ccccc5)nc(-c5ccccc5)n4)c(-c4ccc5c(ccc6ccccc65)c4)c3)n2)cc1. The fraction of sp³-hybridized carbons (Fsp3) is 0. The van der Waals surface area contributed by atoms with Gasteiger partial charge in [-0.1, -0.05) is 206 Å². The first-order valence-corrected chi connectivity index (χ1v) is 20.6. The molecular formula is C56H36N6. The highest BCUT2D eigenvalue weighted by molar-refractivity contribution is 6.09. The van der Waals surface area contributed by atoms with E-state index in [2.05, 4.69) is 91.0 Å². The second-order valence-electron chi connectivity index (χ2n) is 15.1. The third kappa shape index (κ3) is 7.06. The van der Waals surface area contributed by atoms with Crippen LogP contribution >= 0.6 is 0 Å². The van der Waals surface area contributed by atoms with Crippen molar-refractivity contribution in [3.63, 3.8) is 0 Å². The van der Waals surface area contributed by atoms with Crippen molar-refractivity contribution < 1.29 is 0 Å². The predicted octanol–water partition coefficient (Wildman–Crippen LogP) is 13.7. The van der Waals surface area contributed by atoms with E-state index in [-0.39, 0.29) is 0 Å². The van der Waals surface area contributed by atoms with Gasteiger partial charge in [0.1, 0.15) is 0 Å². The number of hydrogen-bond donors (Lipinski definition) is 0. The van der Waals surface area contributed by atoms with Gasteiger partial charge in [-0.2, -0.15) is 0 Å². The molecule has 2 heterocycles. The van der Waals surface area contributed by atoms with Crippen molar-refractivity contribution in [2.24, 2.45) is 0 Å². The summed E-state index contributed by atoms with van der Waals surface area (Å²) in [7, 11) is 0. The van der Waals surface area contributed by atoms with Crippen LogP contribution in [-0.2, 0) is 0 Å². The molecule has 0 unspecified atom stereocenters. The summed E-state index contributed by atoms with van der Waals surface area (Å²) in [6.07, 6.45) is 0. The van der Waals surface area contributed by atoms with Gasteiger partial charge in [-0.05, 0) is 55.9 Å². The first kappa shape index (κ1) is 36.6. The van der Waals surface area contributed by atoms with Crippen molar-refractivity contribution in [3.8, 4) is 90.6 Å². The Kier molecular flexibility index (Phi) is 9.41. The lowest BCUT2D eigenvalue weighted by molar-refractivity contribution is 1.07. The largest absolute Gasteiger partial charge is 0.208 e. The Morgan fingerprint density at radius 3 is 1.13 bits per heavy atom. The maximum absolute atomic E-state index is 5.15. The van der Waals surface area contributed by atoms with Crippen LogP contribution in [0.25, 0.3) is 112 Å². The monoisotopic (exact) mass is 792 g/mol. The van der Waals surface area contributed by atoms with E-state index in [4.69, 9.17) is 29.9 Å². The van der Waals surface area contributed by atoms with E-state index in [1.165, 1.54) is 16.2 Å². The van der Waals surface area contributed by atoms with Gasteiger partial charge in [0, 0.05) is 33.4 Å². The quantitative estimate of drug-likeness (QED) is 0.143. The van der Waals surface area contributed by atoms with E-state index >= 15 is 0 Å². The molecule has 0 aliphatic carbocycles. The highest BCUT2D eigenvalue weighted by Gasteiger charge is 2.20. The van der Waals surface area contributed by atoms with Gasteiger partial charge in [0.25, 0.3) is 0 Å². The minimum Gasteiger partial charge on any atom is -0.208 e. The fourth-order valence-electron chi connectivity index (χ4n) is 8.12. The van der Waals surface area contributed by atoms with Gasteiger partial charge in [0.15, 0.2) is 34.9 Å². The molecule has 0 saturated heterocycles. The smallest absolute Gasteiger partial charge is 0.164 e. The van der Waals surface area contributed by atoms with Crippen molar-refractivity contribution in [3.05, 3.63) is 218 Å². The van der Waals surface area contributed by atoms with Crippen LogP contribution in [0.2, 0.25) is 0 Å². The molecule has 9 aromatic carbocycles. The van der Waals surface area contributed by atoms with Gasteiger partial charge in [-0.15, -0.1) is 0 Å². The van der Waals surface area contributed by atoms with Crippen LogP contribution in [0.3, 0.4) is 0 Å². The standard InChI is InChI=1S/C56H36N6/c1-5-18-38(19-6-1)51-57-52(39-20-7-2-8-21-39)60-55(59-51)44-32-34-48(50(36-44)43-31-33-46-42(35-43)30-29-37-17-13-14-26-45(37)46)47-27-15-16-28-49(47)56-61-53(40-22-9-3-10-23-40)58-54(62-56)41-24-11-4-12-25-41/h1-36H. The number of rotatable bonds is 8. The van der Waals surface area contributed by atoms with E-state index in [9.17, 15) is 0 Å². The zero-order chi connectivity index (χ0) is 41.2. The van der Waals surface area contributed by atoms with Crippen LogP contribution in [0.4, 0.5) is 0 Å². The van der Waals surface area contributed by atoms with Crippen molar-refractivity contribution in [1.29, 1.82) is 0 Å². The number of fused-ring (bicyclic) bond motifs is 3. The molecule has 0 fully saturated rings. The van der Waals surface area contributed by atoms with Gasteiger partial charge < -0.3 is 0 Å². The van der Waals surface area contributed by atoms with Gasteiger partial charge in [-0.25, -0.2) is 29.9 Å². The highest BCUT2D eigenvalue weighted by atomic mass is 15.0. The van der Waals surface area contributed by atoms with E-state index in [0.29, 0.717) is 34.9 Å². The first-order chi connectivity index (χ1) is 30.7. The van der Waals surface area contributed by atoms with Crippen LogP contribution < -0.4 is 0 Å². The Morgan fingerprint density at radius 1 is 0.194 bits per heavy atom. The highest BCUT2D eigenvalue weighted by Crippen LogP contribution is 2.41. The average molecular weight is 793 g/mol. The molecule has 0 amide bonds. The Morgan fingerprint density at radius 2 is 0.581 bits per heavy atom. The summed E-state index contributed by atoms with van der Waals surface area (Å²) in [5.74, 6) is 3.62. The summed E-state index contributed by atoms with van der Waals surface area (Å²) in [6, 6.07) is 74.9. The molecule has 0 N–H and O–H groups in total. The maximum Gasteiger partial charge on any atom is 0.164 e. The Hall–Kier alpha value is -8.48. The number of hydrogen-bond acceptors (Lipinski definition) is 6. The summed E-state index contributed by atoms with van der Waals surface area (Å²) >= 11 is 0. The molecule has 0 aliphatic rings. The van der Waals surface area contributed by atoms with Crippen molar-refractivity contribution >= 4 is 21.5 Å². The number of nitrogens with zero attached hydrogens (tertiary/aromatic N) is 6. The van der Waals surface area contributed by atoms with Crippen molar-refractivity contribution in [2.45, 2.75) is 0 Å². The first-order valence-electron chi connectivity index (χ1n) is 20.6. The van der Waals surface area contributed by atoms with Crippen LogP contribution in [0, 0.1) is 0 Å². The van der Waals surface area contributed by atoms with Crippen LogP contribution in [0.5, 0.6) is 0 Å². The Bertz CT molecular complexity index is 3280. The fourth-order valence-corrected chi connectivity index (χ4v) is 8.12. The molecule has 0 spiro atoms. The minimum absolute atomic E-state index is 0.586. The Balaban J connectivity index is 1.14. The van der Waals surface area contributed by atoms with Crippen molar-refractivity contribution in [2.75, 3.05) is 0 Å². The van der Waals surface area contributed by atoms with E-state index in [1.807, 2.05) is 127 Å². The van der Waals surface area contributed by atoms with E-state index < -0.39 is 0 Å². The molecular weight excluding hydrogens is 757 g/mol. The summed E-state index contributed by atoms with van der Waals surface area (Å²) in [6.45, 7) is 0. The lowest BCUT2D eigenvalue weighted by Gasteiger charge is -2.17. The summed E-state index contributed by atoms with van der Waals surface area (Å²) in [5, 5.41) is 4.79. The van der Waals surface area contributed by atoms with Gasteiger partial charge >= 0.3 is 0 Å². The van der Waals surface area contributed by atoms with Gasteiger partial charge in [0.05, 0.1) is 0 Å². The third-order valence-electron chi connectivity index (χ3n) is 11.2. The van der Waals surface area contributed by atoms with Crippen LogP contribution in [0.15, 0.2) is 218 Å². The molecule has 0 aliphatic heterocycles. The second-order valence-corrected chi connectivity index (χ2v) is 15.1. The predicted molar refractivity (Wildman–Crippen MR) is 252 cm³/mol. The molecule has 2 aromatic heterocycles. The molecule has 6 heteroatoms. The zero-order valence-electron chi connectivity index (χ0n) is 33.5. The molecule has 62 heavy (non-hydrogen) atoms. The van der Waals surface area contributed by atoms with Gasteiger partial charge in [-0.3, -0.25) is 0 Å². The lowest BCUT2D eigenvalue weighted by Crippen LogP contribution is -2.02. The van der Waals surface area contributed by atoms with Gasteiger partial charge in [0.2, 0.25) is 0 Å². The second kappa shape index (κ2) is 15.9. The third-order valence-corrected chi connectivity index (χ3v) is 11.2.